The molecule has 0 bridgehead atoms. The van der Waals surface area contributed by atoms with E-state index in [-0.39, 0.29) is 5.41 Å². The second-order valence-corrected chi connectivity index (χ2v) is 6.37. The first-order chi connectivity index (χ1) is 9.59. The molecule has 0 nitrogen and oxygen atoms in total. The normalized spacial score (nSPS) is 15.2. The van der Waals surface area contributed by atoms with Crippen LogP contribution in [0.3, 0.4) is 0 Å². The maximum Gasteiger partial charge on any atom is 0.0159 e. The lowest BCUT2D eigenvalue weighted by Gasteiger charge is -2.21. The lowest BCUT2D eigenvalue weighted by molar-refractivity contribution is 0.661. The van der Waals surface area contributed by atoms with Crippen molar-refractivity contribution in [2.24, 2.45) is 0 Å². The summed E-state index contributed by atoms with van der Waals surface area (Å²) in [5.41, 5.74) is 7.26. The monoisotopic (exact) mass is 258 g/mol. The fourth-order valence-electron chi connectivity index (χ4n) is 3.66. The summed E-state index contributed by atoms with van der Waals surface area (Å²) in [6.45, 7) is 6.90. The van der Waals surface area contributed by atoms with E-state index in [4.69, 9.17) is 0 Å². The molecular weight excluding hydrogens is 240 g/mol. The fourth-order valence-corrected chi connectivity index (χ4v) is 3.66. The van der Waals surface area contributed by atoms with Crippen LogP contribution in [-0.2, 0) is 5.41 Å². The van der Waals surface area contributed by atoms with Crippen molar-refractivity contribution in [3.8, 4) is 11.1 Å². The third-order valence-corrected chi connectivity index (χ3v) is 4.77. The summed E-state index contributed by atoms with van der Waals surface area (Å²) < 4.78 is 0. The second-order valence-electron chi connectivity index (χ2n) is 6.37. The van der Waals surface area contributed by atoms with E-state index in [1.54, 1.807) is 0 Å². The van der Waals surface area contributed by atoms with E-state index in [9.17, 15) is 0 Å². The lowest BCUT2D eigenvalue weighted by atomic mass is 9.82. The highest BCUT2D eigenvalue weighted by Gasteiger charge is 2.36. The molecule has 0 unspecified atom stereocenters. The van der Waals surface area contributed by atoms with Crippen molar-refractivity contribution in [2.45, 2.75) is 26.2 Å². The lowest BCUT2D eigenvalue weighted by Crippen LogP contribution is -2.14. The summed E-state index contributed by atoms with van der Waals surface area (Å²) in [6.07, 6.45) is 0. The Balaban J connectivity index is 2.17. The van der Waals surface area contributed by atoms with Crippen LogP contribution in [-0.4, -0.2) is 0 Å². The molecule has 0 N–H and O–H groups in total. The first-order valence-corrected chi connectivity index (χ1v) is 7.23. The van der Waals surface area contributed by atoms with Crippen molar-refractivity contribution >= 4 is 10.8 Å². The highest BCUT2D eigenvalue weighted by Crippen LogP contribution is 2.50. The molecule has 0 amide bonds. The van der Waals surface area contributed by atoms with Gasteiger partial charge in [-0.25, -0.2) is 0 Å². The number of rotatable bonds is 0. The Morgan fingerprint density at radius 2 is 1.45 bits per heavy atom. The molecule has 0 radical (unpaired) electrons. The van der Waals surface area contributed by atoms with Crippen LogP contribution < -0.4 is 0 Å². The van der Waals surface area contributed by atoms with Crippen molar-refractivity contribution in [1.82, 2.24) is 0 Å². The Morgan fingerprint density at radius 1 is 0.750 bits per heavy atom. The average molecular weight is 258 g/mol. The Kier molecular flexibility index (Phi) is 2.18. The van der Waals surface area contributed by atoms with Gasteiger partial charge in [0.1, 0.15) is 0 Å². The summed E-state index contributed by atoms with van der Waals surface area (Å²) in [5.74, 6) is 0. The predicted octanol–water partition coefficient (Wildman–Crippen LogP) is 5.45. The molecule has 0 atom stereocenters. The van der Waals surface area contributed by atoms with E-state index in [1.807, 2.05) is 0 Å². The minimum absolute atomic E-state index is 0.0979. The third-order valence-electron chi connectivity index (χ3n) is 4.77. The summed E-state index contributed by atoms with van der Waals surface area (Å²) >= 11 is 0. The zero-order valence-electron chi connectivity index (χ0n) is 12.2. The number of fused-ring (bicyclic) bond motifs is 4. The van der Waals surface area contributed by atoms with Crippen LogP contribution in [0, 0.1) is 6.92 Å². The smallest absolute Gasteiger partial charge is 0.0159 e. The molecule has 1 aliphatic rings. The van der Waals surface area contributed by atoms with Gasteiger partial charge in [0, 0.05) is 5.41 Å². The molecule has 1 aliphatic carbocycles. The summed E-state index contributed by atoms with van der Waals surface area (Å²) in [6, 6.07) is 20.1. The van der Waals surface area contributed by atoms with Crippen LogP contribution in [0.25, 0.3) is 21.9 Å². The Morgan fingerprint density at radius 3 is 2.20 bits per heavy atom. The van der Waals surface area contributed by atoms with E-state index in [0.29, 0.717) is 0 Å². The zero-order chi connectivity index (χ0) is 13.9. The van der Waals surface area contributed by atoms with Crippen LogP contribution >= 0.6 is 0 Å². The molecule has 0 aliphatic heterocycles. The third kappa shape index (κ3) is 1.37. The molecule has 0 fully saturated rings. The molecule has 0 saturated heterocycles. The predicted molar refractivity (Wildman–Crippen MR) is 86.2 cm³/mol. The zero-order valence-corrected chi connectivity index (χ0v) is 12.2. The number of hydrogen-bond acceptors (Lipinski definition) is 0. The largest absolute Gasteiger partial charge is 0.0617 e. The highest BCUT2D eigenvalue weighted by molar-refractivity contribution is 5.94. The standard InChI is InChI=1S/C20H18/c1-13-7-6-10-17-19(13)16-11-14-8-4-5-9-15(14)12-18(16)20(17,2)3/h4-12H,1-3H3. The summed E-state index contributed by atoms with van der Waals surface area (Å²) in [7, 11) is 0. The van der Waals surface area contributed by atoms with Gasteiger partial charge < -0.3 is 0 Å². The van der Waals surface area contributed by atoms with Gasteiger partial charge >= 0.3 is 0 Å². The van der Waals surface area contributed by atoms with E-state index >= 15 is 0 Å². The van der Waals surface area contributed by atoms with Gasteiger partial charge in [-0.3, -0.25) is 0 Å². The van der Waals surface area contributed by atoms with Crippen LogP contribution in [0.15, 0.2) is 54.6 Å². The van der Waals surface area contributed by atoms with E-state index in [0.717, 1.165) is 0 Å². The molecule has 3 aromatic carbocycles. The Hall–Kier alpha value is -2.08. The second kappa shape index (κ2) is 3.73. The van der Waals surface area contributed by atoms with Crippen molar-refractivity contribution < 1.29 is 0 Å². The first kappa shape index (κ1) is 11.7. The molecule has 98 valence electrons. The number of hydrogen-bond donors (Lipinski definition) is 0. The Bertz CT molecular complexity index is 838. The molecular formula is C20H18. The minimum atomic E-state index is 0.0979. The molecule has 20 heavy (non-hydrogen) atoms. The summed E-state index contributed by atoms with van der Waals surface area (Å²) in [5, 5.41) is 2.67. The van der Waals surface area contributed by atoms with Gasteiger partial charge in [0.15, 0.2) is 0 Å². The molecule has 0 heteroatoms. The van der Waals surface area contributed by atoms with Crippen molar-refractivity contribution in [3.05, 3.63) is 71.3 Å². The van der Waals surface area contributed by atoms with Gasteiger partial charge in [-0.1, -0.05) is 56.3 Å². The van der Waals surface area contributed by atoms with Gasteiger partial charge in [-0.15, -0.1) is 0 Å². The van der Waals surface area contributed by atoms with Crippen LogP contribution in [0.1, 0.15) is 30.5 Å². The van der Waals surface area contributed by atoms with Gasteiger partial charge in [0.25, 0.3) is 0 Å². The molecule has 0 spiro atoms. The number of benzene rings is 3. The van der Waals surface area contributed by atoms with Gasteiger partial charge in [0.05, 0.1) is 0 Å². The minimum Gasteiger partial charge on any atom is -0.0617 e. The molecule has 4 rings (SSSR count). The molecule has 0 saturated carbocycles. The maximum absolute atomic E-state index is 2.38. The van der Waals surface area contributed by atoms with E-state index in [2.05, 4.69) is 75.4 Å². The van der Waals surface area contributed by atoms with E-state index < -0.39 is 0 Å². The van der Waals surface area contributed by atoms with Crippen LogP contribution in [0.5, 0.6) is 0 Å². The first-order valence-electron chi connectivity index (χ1n) is 7.23. The average Bonchev–Trinajstić information content (AvgIpc) is 2.67. The van der Waals surface area contributed by atoms with Gasteiger partial charge in [-0.05, 0) is 57.6 Å². The molecule has 0 heterocycles. The van der Waals surface area contributed by atoms with Crippen LogP contribution in [0.2, 0.25) is 0 Å². The SMILES string of the molecule is Cc1cccc2c1-c1cc3ccccc3cc1C2(C)C. The number of aryl methyl sites for hydroxylation is 1. The molecule has 0 aromatic heterocycles. The quantitative estimate of drug-likeness (QED) is 0.502. The Labute approximate surface area is 120 Å². The van der Waals surface area contributed by atoms with Crippen molar-refractivity contribution in [1.29, 1.82) is 0 Å². The maximum atomic E-state index is 2.38. The topological polar surface area (TPSA) is 0 Å². The van der Waals surface area contributed by atoms with E-state index in [1.165, 1.54) is 38.6 Å². The van der Waals surface area contributed by atoms with Crippen molar-refractivity contribution in [2.75, 3.05) is 0 Å². The summed E-state index contributed by atoms with van der Waals surface area (Å²) in [4.78, 5) is 0. The van der Waals surface area contributed by atoms with Crippen molar-refractivity contribution in [3.63, 3.8) is 0 Å². The fraction of sp³-hybridized carbons (Fsp3) is 0.200. The van der Waals surface area contributed by atoms with Crippen LogP contribution in [0.4, 0.5) is 0 Å². The highest BCUT2D eigenvalue weighted by atomic mass is 14.4. The van der Waals surface area contributed by atoms with Gasteiger partial charge in [-0.2, -0.15) is 0 Å². The van der Waals surface area contributed by atoms with Gasteiger partial charge in [0.2, 0.25) is 0 Å². The molecule has 3 aromatic rings.